The van der Waals surface area contributed by atoms with Gasteiger partial charge in [-0.05, 0) is 24.3 Å². The van der Waals surface area contributed by atoms with Crippen LogP contribution in [0.5, 0.6) is 0 Å². The molecule has 0 spiro atoms. The van der Waals surface area contributed by atoms with Crippen molar-refractivity contribution in [2.24, 2.45) is 0 Å². The van der Waals surface area contributed by atoms with Gasteiger partial charge >= 0.3 is 5.97 Å². The van der Waals surface area contributed by atoms with Crippen LogP contribution in [0.1, 0.15) is 16.1 Å². The predicted octanol–water partition coefficient (Wildman–Crippen LogP) is 3.74. The standard InChI is InChI=1S/C20H13ClN2O4S/c21-13-7-5-12(6-8-13)19-22-14(11-28-19)10-27-17(24)9-23-16-4-2-1-3-15(16)18(25)20(23)26/h1-8,11H,9-10H2. The normalized spacial score (nSPS) is 13.0. The lowest BCUT2D eigenvalue weighted by Crippen LogP contribution is -2.35. The molecule has 1 aliphatic rings. The highest BCUT2D eigenvalue weighted by Crippen LogP contribution is 2.28. The number of ether oxygens (including phenoxy) is 1. The van der Waals surface area contributed by atoms with Crippen molar-refractivity contribution >= 4 is 46.3 Å². The van der Waals surface area contributed by atoms with Crippen LogP contribution in [-0.4, -0.2) is 29.2 Å². The van der Waals surface area contributed by atoms with E-state index in [9.17, 15) is 14.4 Å². The van der Waals surface area contributed by atoms with Crippen molar-refractivity contribution in [3.8, 4) is 10.6 Å². The Morgan fingerprint density at radius 2 is 1.86 bits per heavy atom. The van der Waals surface area contributed by atoms with Gasteiger partial charge in [0, 0.05) is 16.0 Å². The van der Waals surface area contributed by atoms with Gasteiger partial charge < -0.3 is 4.74 Å². The molecule has 2 aromatic carbocycles. The average Bonchev–Trinajstić information content (AvgIpc) is 3.27. The number of aromatic nitrogens is 1. The first-order valence-corrected chi connectivity index (χ1v) is 9.60. The van der Waals surface area contributed by atoms with Gasteiger partial charge in [0.25, 0.3) is 11.7 Å². The molecule has 1 amide bonds. The molecule has 1 aromatic heterocycles. The number of halogens is 1. The van der Waals surface area contributed by atoms with E-state index in [1.165, 1.54) is 11.3 Å². The number of fused-ring (bicyclic) bond motifs is 1. The number of hydrogen-bond acceptors (Lipinski definition) is 6. The Balaban J connectivity index is 1.38. The second-order valence-electron chi connectivity index (χ2n) is 6.05. The number of amides is 1. The Labute approximate surface area is 169 Å². The molecule has 0 saturated heterocycles. The van der Waals surface area contributed by atoms with Gasteiger partial charge in [-0.1, -0.05) is 35.9 Å². The molecule has 3 aromatic rings. The summed E-state index contributed by atoms with van der Waals surface area (Å²) in [5, 5.41) is 3.24. The number of nitrogens with zero attached hydrogens (tertiary/aromatic N) is 2. The molecule has 0 fully saturated rings. The summed E-state index contributed by atoms with van der Waals surface area (Å²) >= 11 is 7.32. The molecule has 0 N–H and O–H groups in total. The zero-order chi connectivity index (χ0) is 19.7. The van der Waals surface area contributed by atoms with Crippen LogP contribution in [0.25, 0.3) is 10.6 Å². The number of para-hydroxylation sites is 1. The molecule has 0 atom stereocenters. The molecule has 0 aliphatic carbocycles. The first-order valence-electron chi connectivity index (χ1n) is 8.34. The van der Waals surface area contributed by atoms with Gasteiger partial charge in [-0.2, -0.15) is 0 Å². The highest BCUT2D eigenvalue weighted by Gasteiger charge is 2.36. The minimum Gasteiger partial charge on any atom is -0.458 e. The fourth-order valence-corrected chi connectivity index (χ4v) is 3.77. The molecule has 2 heterocycles. The molecule has 8 heteroatoms. The number of carbonyl (C=O) groups excluding carboxylic acids is 3. The number of esters is 1. The molecule has 140 valence electrons. The van der Waals surface area contributed by atoms with E-state index in [4.69, 9.17) is 16.3 Å². The summed E-state index contributed by atoms with van der Waals surface area (Å²) in [6, 6.07) is 13.9. The topological polar surface area (TPSA) is 76.6 Å². The van der Waals surface area contributed by atoms with E-state index in [-0.39, 0.29) is 13.2 Å². The van der Waals surface area contributed by atoms with E-state index in [2.05, 4.69) is 4.98 Å². The van der Waals surface area contributed by atoms with E-state index in [1.807, 2.05) is 12.1 Å². The van der Waals surface area contributed by atoms with E-state index in [1.54, 1.807) is 41.8 Å². The first kappa shape index (κ1) is 18.3. The number of carbonyl (C=O) groups is 3. The summed E-state index contributed by atoms with van der Waals surface area (Å²) in [5.41, 5.74) is 2.25. The number of rotatable bonds is 5. The minimum atomic E-state index is -0.725. The molecule has 0 bridgehead atoms. The van der Waals surface area contributed by atoms with Crippen LogP contribution in [-0.2, 0) is 20.9 Å². The molecule has 1 aliphatic heterocycles. The predicted molar refractivity (Wildman–Crippen MR) is 105 cm³/mol. The average molecular weight is 413 g/mol. The highest BCUT2D eigenvalue weighted by atomic mass is 35.5. The van der Waals surface area contributed by atoms with Crippen molar-refractivity contribution in [2.75, 3.05) is 11.4 Å². The number of thiazole rings is 1. The molecule has 4 rings (SSSR count). The molecular weight excluding hydrogens is 400 g/mol. The summed E-state index contributed by atoms with van der Waals surface area (Å²) in [7, 11) is 0. The zero-order valence-electron chi connectivity index (χ0n) is 14.4. The van der Waals surface area contributed by atoms with Crippen LogP contribution in [0.2, 0.25) is 5.02 Å². The van der Waals surface area contributed by atoms with Gasteiger partial charge in [-0.25, -0.2) is 4.98 Å². The van der Waals surface area contributed by atoms with E-state index in [0.29, 0.717) is 22.0 Å². The Morgan fingerprint density at radius 1 is 1.11 bits per heavy atom. The Hall–Kier alpha value is -3.03. The summed E-state index contributed by atoms with van der Waals surface area (Å²) < 4.78 is 5.24. The van der Waals surface area contributed by atoms with Gasteiger partial charge in [0.2, 0.25) is 0 Å². The molecular formula is C20H13ClN2O4S. The highest BCUT2D eigenvalue weighted by molar-refractivity contribution is 7.13. The summed E-state index contributed by atoms with van der Waals surface area (Å²) in [4.78, 5) is 41.8. The van der Waals surface area contributed by atoms with Crippen LogP contribution in [0.4, 0.5) is 5.69 Å². The van der Waals surface area contributed by atoms with Crippen LogP contribution in [0, 0.1) is 0 Å². The van der Waals surface area contributed by atoms with E-state index >= 15 is 0 Å². The van der Waals surface area contributed by atoms with Gasteiger partial charge in [0.15, 0.2) is 0 Å². The van der Waals surface area contributed by atoms with Gasteiger partial charge in [-0.3, -0.25) is 19.3 Å². The number of benzene rings is 2. The first-order chi connectivity index (χ1) is 13.5. The molecule has 6 nitrogen and oxygen atoms in total. The third-order valence-corrected chi connectivity index (χ3v) is 5.38. The maximum absolute atomic E-state index is 12.2. The number of hydrogen-bond donors (Lipinski definition) is 0. The Bertz CT molecular complexity index is 1080. The van der Waals surface area contributed by atoms with Gasteiger partial charge in [0.1, 0.15) is 18.2 Å². The van der Waals surface area contributed by atoms with Gasteiger partial charge in [-0.15, -0.1) is 11.3 Å². The van der Waals surface area contributed by atoms with E-state index in [0.717, 1.165) is 15.5 Å². The molecule has 0 radical (unpaired) electrons. The van der Waals surface area contributed by atoms with Crippen molar-refractivity contribution in [1.29, 1.82) is 0 Å². The smallest absolute Gasteiger partial charge is 0.326 e. The maximum Gasteiger partial charge on any atom is 0.326 e. The number of Topliss-reactive ketones (excluding diaryl/α,β-unsaturated/α-hetero) is 1. The lowest BCUT2D eigenvalue weighted by Gasteiger charge is -2.15. The Kier molecular flexibility index (Phi) is 4.93. The second-order valence-corrected chi connectivity index (χ2v) is 7.34. The zero-order valence-corrected chi connectivity index (χ0v) is 16.0. The molecule has 0 saturated carbocycles. The lowest BCUT2D eigenvalue weighted by molar-refractivity contribution is -0.144. The lowest BCUT2D eigenvalue weighted by atomic mass is 10.1. The summed E-state index contributed by atoms with van der Waals surface area (Å²) in [6.07, 6.45) is 0. The maximum atomic E-state index is 12.2. The summed E-state index contributed by atoms with van der Waals surface area (Å²) in [6.45, 7) is -0.337. The monoisotopic (exact) mass is 412 g/mol. The van der Waals surface area contributed by atoms with Crippen molar-refractivity contribution < 1.29 is 19.1 Å². The van der Waals surface area contributed by atoms with Crippen LogP contribution in [0.15, 0.2) is 53.9 Å². The van der Waals surface area contributed by atoms with Crippen molar-refractivity contribution in [3.05, 3.63) is 70.2 Å². The third kappa shape index (κ3) is 3.54. The second kappa shape index (κ2) is 7.53. The molecule has 28 heavy (non-hydrogen) atoms. The minimum absolute atomic E-state index is 0.0133. The van der Waals surface area contributed by atoms with Crippen molar-refractivity contribution in [2.45, 2.75) is 6.61 Å². The largest absolute Gasteiger partial charge is 0.458 e. The van der Waals surface area contributed by atoms with Crippen LogP contribution >= 0.6 is 22.9 Å². The van der Waals surface area contributed by atoms with Crippen molar-refractivity contribution in [1.82, 2.24) is 4.98 Å². The number of anilines is 1. The van der Waals surface area contributed by atoms with Crippen molar-refractivity contribution in [3.63, 3.8) is 0 Å². The van der Waals surface area contributed by atoms with Crippen LogP contribution < -0.4 is 4.90 Å². The SMILES string of the molecule is O=C(CN1C(=O)C(=O)c2ccccc21)OCc1csc(-c2ccc(Cl)cc2)n1. The summed E-state index contributed by atoms with van der Waals surface area (Å²) in [5.74, 6) is -1.95. The third-order valence-electron chi connectivity index (χ3n) is 4.19. The fourth-order valence-electron chi connectivity index (χ4n) is 2.83. The number of ketones is 1. The van der Waals surface area contributed by atoms with E-state index < -0.39 is 17.7 Å². The fraction of sp³-hybridized carbons (Fsp3) is 0.100. The Morgan fingerprint density at radius 3 is 2.64 bits per heavy atom. The quantitative estimate of drug-likeness (QED) is 0.471. The molecule has 0 unspecified atom stereocenters. The van der Waals surface area contributed by atoms with Gasteiger partial charge in [0.05, 0.1) is 16.9 Å². The van der Waals surface area contributed by atoms with Crippen LogP contribution in [0.3, 0.4) is 0 Å².